The van der Waals surface area contributed by atoms with Gasteiger partial charge in [0.1, 0.15) is 22.3 Å². The summed E-state index contributed by atoms with van der Waals surface area (Å²) in [6, 6.07) is 14.5. The smallest absolute Gasteiger partial charge is 0.242 e. The van der Waals surface area contributed by atoms with Gasteiger partial charge in [0.05, 0.1) is 26.0 Å². The topological polar surface area (TPSA) is 106 Å². The van der Waals surface area contributed by atoms with E-state index in [1.807, 2.05) is 12.1 Å². The quantitative estimate of drug-likeness (QED) is 0.519. The first kappa shape index (κ1) is 23.0. The Morgan fingerprint density at radius 1 is 1.12 bits per heavy atom. The zero-order chi connectivity index (χ0) is 23.3. The molecule has 1 aliphatic rings. The first-order valence-electron chi connectivity index (χ1n) is 10.6. The number of sulfonamides is 1. The van der Waals surface area contributed by atoms with Crippen LogP contribution in [0.4, 0.5) is 17.2 Å². The van der Waals surface area contributed by atoms with E-state index in [-0.39, 0.29) is 4.90 Å². The van der Waals surface area contributed by atoms with E-state index >= 15 is 0 Å². The van der Waals surface area contributed by atoms with Gasteiger partial charge in [-0.1, -0.05) is 18.2 Å². The van der Waals surface area contributed by atoms with Gasteiger partial charge in [-0.2, -0.15) is 0 Å². The van der Waals surface area contributed by atoms with E-state index in [0.29, 0.717) is 23.8 Å². The van der Waals surface area contributed by atoms with Gasteiger partial charge >= 0.3 is 0 Å². The van der Waals surface area contributed by atoms with Crippen LogP contribution in [0.15, 0.2) is 59.6 Å². The summed E-state index contributed by atoms with van der Waals surface area (Å²) in [6.07, 6.45) is 2.12. The molecular weight excluding hydrogens is 442 g/mol. The van der Waals surface area contributed by atoms with Crippen molar-refractivity contribution < 1.29 is 17.9 Å². The third-order valence-corrected chi connectivity index (χ3v) is 6.88. The number of nitrogens with one attached hydrogen (secondary N) is 2. The molecule has 10 heteroatoms. The molecule has 3 aromatic rings. The highest BCUT2D eigenvalue weighted by Gasteiger charge is 2.17. The van der Waals surface area contributed by atoms with Crippen molar-refractivity contribution in [3.05, 3.63) is 66.1 Å². The molecule has 0 saturated carbocycles. The average Bonchev–Trinajstić information content (AvgIpc) is 2.85. The lowest BCUT2D eigenvalue weighted by molar-refractivity contribution is 0.122. The second-order valence-corrected chi connectivity index (χ2v) is 9.31. The number of nitrogens with zero attached hydrogens (tertiary/aromatic N) is 3. The zero-order valence-electron chi connectivity index (χ0n) is 18.6. The largest absolute Gasteiger partial charge is 0.496 e. The van der Waals surface area contributed by atoms with Crippen LogP contribution in [-0.2, 0) is 21.2 Å². The summed E-state index contributed by atoms with van der Waals surface area (Å²) in [5.74, 6) is 1.86. The number of hydrogen-bond donors (Lipinski definition) is 2. The van der Waals surface area contributed by atoms with Gasteiger partial charge in [-0.15, -0.1) is 0 Å². The van der Waals surface area contributed by atoms with E-state index in [1.54, 1.807) is 37.6 Å². The first-order chi connectivity index (χ1) is 16.0. The minimum Gasteiger partial charge on any atom is -0.496 e. The maximum atomic E-state index is 12.3. The van der Waals surface area contributed by atoms with Gasteiger partial charge in [0, 0.05) is 43.0 Å². The van der Waals surface area contributed by atoms with Crippen LogP contribution >= 0.6 is 0 Å². The Morgan fingerprint density at radius 2 is 1.91 bits per heavy atom. The average molecular weight is 470 g/mol. The van der Waals surface area contributed by atoms with Gasteiger partial charge in [-0.25, -0.2) is 23.1 Å². The molecule has 0 amide bonds. The molecule has 174 valence electrons. The van der Waals surface area contributed by atoms with Crippen molar-refractivity contribution in [3.63, 3.8) is 0 Å². The fourth-order valence-corrected chi connectivity index (χ4v) is 4.56. The highest BCUT2D eigenvalue weighted by atomic mass is 32.2. The van der Waals surface area contributed by atoms with Crippen molar-refractivity contribution in [2.24, 2.45) is 0 Å². The van der Waals surface area contributed by atoms with Gasteiger partial charge in [0.25, 0.3) is 0 Å². The first-order valence-corrected chi connectivity index (χ1v) is 12.1. The van der Waals surface area contributed by atoms with Crippen LogP contribution < -0.4 is 19.7 Å². The number of aromatic nitrogens is 2. The number of rotatable bonds is 8. The van der Waals surface area contributed by atoms with Crippen LogP contribution in [0.25, 0.3) is 0 Å². The van der Waals surface area contributed by atoms with Gasteiger partial charge in [-0.05, 0) is 31.3 Å². The number of morpholine rings is 1. The third kappa shape index (κ3) is 5.41. The SMILES string of the molecule is CNS(=O)(=O)c1ccccc1Nc1ccnc(Cc2ccc(N3CCOCC3)cc2OC)n1. The zero-order valence-corrected chi connectivity index (χ0v) is 19.4. The highest BCUT2D eigenvalue weighted by Crippen LogP contribution is 2.28. The Labute approximate surface area is 193 Å². The molecule has 2 N–H and O–H groups in total. The summed E-state index contributed by atoms with van der Waals surface area (Å²) in [6.45, 7) is 3.14. The predicted octanol–water partition coefficient (Wildman–Crippen LogP) is 2.56. The standard InChI is InChI=1S/C23H27N5O4S/c1-24-33(29,30)21-6-4-3-5-19(21)26-22-9-10-25-23(27-22)15-17-7-8-18(16-20(17)31-2)28-11-13-32-14-12-28/h3-10,16,24H,11-15H2,1-2H3,(H,25,26,27). The fraction of sp³-hybridized carbons (Fsp3) is 0.304. The molecule has 9 nitrogen and oxygen atoms in total. The molecule has 0 aliphatic carbocycles. The van der Waals surface area contributed by atoms with Gasteiger partial charge < -0.3 is 19.7 Å². The molecule has 0 spiro atoms. The Balaban J connectivity index is 1.55. The number of benzene rings is 2. The maximum absolute atomic E-state index is 12.3. The Bertz CT molecular complexity index is 1210. The molecular formula is C23H27N5O4S. The van der Waals surface area contributed by atoms with E-state index in [0.717, 1.165) is 43.3 Å². The van der Waals surface area contributed by atoms with Crippen LogP contribution in [0.1, 0.15) is 11.4 Å². The lowest BCUT2D eigenvalue weighted by Crippen LogP contribution is -2.36. The predicted molar refractivity (Wildman–Crippen MR) is 127 cm³/mol. The summed E-state index contributed by atoms with van der Waals surface area (Å²) in [5, 5.41) is 3.10. The molecule has 0 atom stereocenters. The fourth-order valence-electron chi connectivity index (χ4n) is 3.67. The molecule has 1 aromatic heterocycles. The van der Waals surface area contributed by atoms with Crippen LogP contribution in [0, 0.1) is 0 Å². The molecule has 0 bridgehead atoms. The number of methoxy groups -OCH3 is 1. The van der Waals surface area contributed by atoms with Crippen molar-refractivity contribution in [2.75, 3.05) is 50.7 Å². The number of ether oxygens (including phenoxy) is 2. The van der Waals surface area contributed by atoms with E-state index in [9.17, 15) is 8.42 Å². The minimum absolute atomic E-state index is 0.146. The molecule has 4 rings (SSSR count). The van der Waals surface area contributed by atoms with Crippen LogP contribution in [0.5, 0.6) is 5.75 Å². The summed E-state index contributed by atoms with van der Waals surface area (Å²) in [5.41, 5.74) is 2.49. The maximum Gasteiger partial charge on any atom is 0.242 e. The number of hydrogen-bond acceptors (Lipinski definition) is 8. The molecule has 33 heavy (non-hydrogen) atoms. The lowest BCUT2D eigenvalue weighted by Gasteiger charge is -2.29. The van der Waals surface area contributed by atoms with Gasteiger partial charge in [0.15, 0.2) is 0 Å². The number of para-hydroxylation sites is 1. The molecule has 2 aromatic carbocycles. The van der Waals surface area contributed by atoms with Crippen LogP contribution in [0.2, 0.25) is 0 Å². The van der Waals surface area contributed by atoms with Gasteiger partial charge in [0.2, 0.25) is 10.0 Å². The Kier molecular flexibility index (Phi) is 7.07. The molecule has 0 radical (unpaired) electrons. The Morgan fingerprint density at radius 3 is 2.67 bits per heavy atom. The van der Waals surface area contributed by atoms with E-state index in [4.69, 9.17) is 9.47 Å². The molecule has 1 saturated heterocycles. The van der Waals surface area contributed by atoms with Crippen molar-refractivity contribution in [1.29, 1.82) is 0 Å². The second-order valence-electron chi connectivity index (χ2n) is 7.46. The van der Waals surface area contributed by atoms with Crippen LogP contribution in [0.3, 0.4) is 0 Å². The Hall–Kier alpha value is -3.21. The molecule has 2 heterocycles. The third-order valence-electron chi connectivity index (χ3n) is 5.41. The normalized spacial score (nSPS) is 14.2. The van der Waals surface area contributed by atoms with E-state index in [2.05, 4.69) is 31.0 Å². The van der Waals surface area contributed by atoms with E-state index < -0.39 is 10.0 Å². The molecule has 0 unspecified atom stereocenters. The molecule has 1 fully saturated rings. The van der Waals surface area contributed by atoms with Crippen molar-refractivity contribution in [3.8, 4) is 5.75 Å². The van der Waals surface area contributed by atoms with E-state index in [1.165, 1.54) is 13.1 Å². The number of anilines is 3. The summed E-state index contributed by atoms with van der Waals surface area (Å²) in [4.78, 5) is 11.4. The highest BCUT2D eigenvalue weighted by molar-refractivity contribution is 7.89. The van der Waals surface area contributed by atoms with Crippen molar-refractivity contribution in [2.45, 2.75) is 11.3 Å². The second kappa shape index (κ2) is 10.2. The monoisotopic (exact) mass is 469 g/mol. The lowest BCUT2D eigenvalue weighted by atomic mass is 10.1. The van der Waals surface area contributed by atoms with Crippen molar-refractivity contribution >= 4 is 27.2 Å². The van der Waals surface area contributed by atoms with Crippen molar-refractivity contribution in [1.82, 2.24) is 14.7 Å². The minimum atomic E-state index is -3.61. The summed E-state index contributed by atoms with van der Waals surface area (Å²) >= 11 is 0. The summed E-state index contributed by atoms with van der Waals surface area (Å²) in [7, 11) is -0.580. The van der Waals surface area contributed by atoms with Crippen LogP contribution in [-0.4, -0.2) is 58.8 Å². The molecule has 1 aliphatic heterocycles. The van der Waals surface area contributed by atoms with Gasteiger partial charge in [-0.3, -0.25) is 0 Å². The summed E-state index contributed by atoms with van der Waals surface area (Å²) < 4.78 is 38.1.